The number of carbonyl (C=O) groups excluding carboxylic acids is 1. The van der Waals surface area contributed by atoms with Gasteiger partial charge in [0.1, 0.15) is 11.4 Å². The maximum Gasteiger partial charge on any atom is 0.416 e. The number of aromatic nitrogens is 2. The molecule has 0 atom stereocenters. The van der Waals surface area contributed by atoms with E-state index in [1.165, 1.54) is 16.2 Å². The molecular formula is C21H24N4O3S. The first-order chi connectivity index (χ1) is 13.7. The number of carbonyl (C=O) groups is 1. The van der Waals surface area contributed by atoms with E-state index >= 15 is 0 Å². The molecule has 0 saturated heterocycles. The van der Waals surface area contributed by atoms with Crippen LogP contribution in [0.1, 0.15) is 27.7 Å². The molecule has 3 rings (SSSR count). The minimum atomic E-state index is -0.556. The Morgan fingerprint density at radius 2 is 1.83 bits per heavy atom. The number of nitrogen functional groups attached to an aromatic ring is 1. The molecule has 0 unspecified atom stereocenters. The van der Waals surface area contributed by atoms with Crippen LogP contribution in [0.25, 0.3) is 10.4 Å². The second kappa shape index (κ2) is 8.48. The van der Waals surface area contributed by atoms with Crippen molar-refractivity contribution >= 4 is 28.2 Å². The molecule has 2 aromatic heterocycles. The van der Waals surface area contributed by atoms with Crippen LogP contribution in [-0.4, -0.2) is 28.2 Å². The lowest BCUT2D eigenvalue weighted by atomic mass is 10.2. The second-order valence-corrected chi connectivity index (χ2v) is 8.30. The van der Waals surface area contributed by atoms with E-state index < -0.39 is 11.7 Å². The van der Waals surface area contributed by atoms with E-state index in [9.17, 15) is 4.79 Å². The second-order valence-electron chi connectivity index (χ2n) is 7.29. The third-order valence-electron chi connectivity index (χ3n) is 3.77. The van der Waals surface area contributed by atoms with Crippen molar-refractivity contribution in [3.63, 3.8) is 0 Å². The summed E-state index contributed by atoms with van der Waals surface area (Å²) in [5, 5.41) is 0.600. The third kappa shape index (κ3) is 5.45. The van der Waals surface area contributed by atoms with E-state index in [1.807, 2.05) is 52.0 Å². The molecule has 0 aliphatic carbocycles. The average molecular weight is 413 g/mol. The predicted molar refractivity (Wildman–Crippen MR) is 116 cm³/mol. The van der Waals surface area contributed by atoms with Crippen LogP contribution in [0.3, 0.4) is 0 Å². The third-order valence-corrected chi connectivity index (χ3v) is 4.84. The molecule has 0 fully saturated rings. The summed E-state index contributed by atoms with van der Waals surface area (Å²) in [7, 11) is 0. The molecule has 0 bridgehead atoms. The van der Waals surface area contributed by atoms with Crippen molar-refractivity contribution in [2.45, 2.75) is 33.3 Å². The van der Waals surface area contributed by atoms with Gasteiger partial charge in [-0.15, -0.1) is 0 Å². The van der Waals surface area contributed by atoms with Crippen LogP contribution < -0.4 is 15.4 Å². The highest BCUT2D eigenvalue weighted by Crippen LogP contribution is 2.33. The number of hydrogen-bond donors (Lipinski definition) is 1. The topological polar surface area (TPSA) is 90.6 Å². The summed E-state index contributed by atoms with van der Waals surface area (Å²) in [5.74, 6) is 1.14. The highest BCUT2D eigenvalue weighted by Gasteiger charge is 2.24. The zero-order valence-electron chi connectivity index (χ0n) is 16.9. The normalized spacial score (nSPS) is 11.2. The number of ether oxygens (including phenoxy) is 2. The Morgan fingerprint density at radius 1 is 1.10 bits per heavy atom. The molecule has 8 heteroatoms. The average Bonchev–Trinajstić information content (AvgIpc) is 3.13. The first-order valence-corrected chi connectivity index (χ1v) is 10.0. The largest absolute Gasteiger partial charge is 0.443 e. The van der Waals surface area contributed by atoms with Crippen LogP contribution in [0.4, 0.5) is 15.6 Å². The molecule has 1 amide bonds. The quantitative estimate of drug-likeness (QED) is 0.608. The Morgan fingerprint density at radius 3 is 2.41 bits per heavy atom. The Kier molecular flexibility index (Phi) is 6.03. The fraction of sp³-hybridized carbons (Fsp3) is 0.286. The number of amides is 1. The Labute approximate surface area is 174 Å². The number of thiazole rings is 1. The van der Waals surface area contributed by atoms with Crippen LogP contribution in [0.15, 0.2) is 48.8 Å². The Bertz CT molecular complexity index is 963. The number of pyridine rings is 1. The van der Waals surface area contributed by atoms with Crippen molar-refractivity contribution in [2.24, 2.45) is 0 Å². The highest BCUT2D eigenvalue weighted by atomic mass is 32.1. The van der Waals surface area contributed by atoms with Crippen molar-refractivity contribution in [1.29, 1.82) is 0 Å². The lowest BCUT2D eigenvalue weighted by Crippen LogP contribution is -2.36. The molecule has 2 heterocycles. The van der Waals surface area contributed by atoms with Gasteiger partial charge in [0.2, 0.25) is 5.88 Å². The number of rotatable bonds is 5. The molecule has 0 radical (unpaired) electrons. The SMILES string of the molecule is CCN(C(=O)OC(C)(C)C)c1ncc(-c2ccc(Oc3ccc(N)cn3)cc2)s1. The van der Waals surface area contributed by atoms with Gasteiger partial charge in [0, 0.05) is 18.8 Å². The molecule has 3 aromatic rings. The first-order valence-electron chi connectivity index (χ1n) is 9.21. The summed E-state index contributed by atoms with van der Waals surface area (Å²) in [5.41, 5.74) is 6.64. The van der Waals surface area contributed by atoms with Gasteiger partial charge in [-0.3, -0.25) is 4.90 Å². The van der Waals surface area contributed by atoms with Crippen molar-refractivity contribution < 1.29 is 14.3 Å². The predicted octanol–water partition coefficient (Wildman–Crippen LogP) is 5.34. The van der Waals surface area contributed by atoms with Crippen LogP contribution in [0, 0.1) is 0 Å². The van der Waals surface area contributed by atoms with Crippen LogP contribution in [0.2, 0.25) is 0 Å². The fourth-order valence-electron chi connectivity index (χ4n) is 2.44. The number of hydrogen-bond acceptors (Lipinski definition) is 7. The molecule has 0 saturated carbocycles. The molecule has 0 aliphatic heterocycles. The Balaban J connectivity index is 1.72. The van der Waals surface area contributed by atoms with Gasteiger partial charge >= 0.3 is 6.09 Å². The molecular weight excluding hydrogens is 388 g/mol. The minimum absolute atomic E-state index is 0.402. The van der Waals surface area contributed by atoms with Crippen molar-refractivity contribution in [3.05, 3.63) is 48.8 Å². The van der Waals surface area contributed by atoms with E-state index in [0.717, 1.165) is 10.4 Å². The molecule has 2 N–H and O–H groups in total. The van der Waals surface area contributed by atoms with E-state index in [2.05, 4.69) is 9.97 Å². The van der Waals surface area contributed by atoms with Crippen LogP contribution in [0.5, 0.6) is 11.6 Å². The van der Waals surface area contributed by atoms with Gasteiger partial charge < -0.3 is 15.2 Å². The summed E-state index contributed by atoms with van der Waals surface area (Å²) in [6.07, 6.45) is 2.90. The minimum Gasteiger partial charge on any atom is -0.443 e. The number of anilines is 2. The smallest absolute Gasteiger partial charge is 0.416 e. The standard InChI is InChI=1S/C21H24N4O3S/c1-5-25(20(26)28-21(2,3)4)19-24-13-17(29-19)14-6-9-16(10-7-14)27-18-11-8-15(22)12-23-18/h6-13H,5,22H2,1-4H3. The monoisotopic (exact) mass is 412 g/mol. The van der Waals surface area contributed by atoms with E-state index in [0.29, 0.717) is 29.0 Å². The number of nitrogens with two attached hydrogens (primary N) is 1. The maximum absolute atomic E-state index is 12.4. The van der Waals surface area contributed by atoms with Crippen molar-refractivity contribution in [3.8, 4) is 22.1 Å². The van der Waals surface area contributed by atoms with Gasteiger partial charge in [0.25, 0.3) is 0 Å². The zero-order chi connectivity index (χ0) is 21.0. The van der Waals surface area contributed by atoms with Crippen LogP contribution >= 0.6 is 11.3 Å². The van der Waals surface area contributed by atoms with Crippen LogP contribution in [-0.2, 0) is 4.74 Å². The molecule has 29 heavy (non-hydrogen) atoms. The van der Waals surface area contributed by atoms with E-state index in [4.69, 9.17) is 15.2 Å². The first kappa shape index (κ1) is 20.6. The molecule has 7 nitrogen and oxygen atoms in total. The zero-order valence-corrected chi connectivity index (χ0v) is 17.7. The van der Waals surface area contributed by atoms with Gasteiger partial charge in [0.05, 0.1) is 16.8 Å². The van der Waals surface area contributed by atoms with Gasteiger partial charge in [-0.2, -0.15) is 0 Å². The lowest BCUT2D eigenvalue weighted by molar-refractivity contribution is 0.0582. The molecule has 1 aromatic carbocycles. The van der Waals surface area contributed by atoms with Crippen molar-refractivity contribution in [2.75, 3.05) is 17.2 Å². The Hall–Kier alpha value is -3.13. The van der Waals surface area contributed by atoms with Gasteiger partial charge in [-0.1, -0.05) is 11.3 Å². The fourth-order valence-corrected chi connectivity index (χ4v) is 3.42. The van der Waals surface area contributed by atoms with E-state index in [-0.39, 0.29) is 0 Å². The van der Waals surface area contributed by atoms with E-state index in [1.54, 1.807) is 24.5 Å². The van der Waals surface area contributed by atoms with Gasteiger partial charge in [-0.25, -0.2) is 14.8 Å². The lowest BCUT2D eigenvalue weighted by Gasteiger charge is -2.24. The molecule has 0 spiro atoms. The van der Waals surface area contributed by atoms with Gasteiger partial charge in [0.15, 0.2) is 5.13 Å². The summed E-state index contributed by atoms with van der Waals surface area (Å²) in [6, 6.07) is 11.0. The summed E-state index contributed by atoms with van der Waals surface area (Å²) in [6.45, 7) is 7.90. The number of nitrogens with zero attached hydrogens (tertiary/aromatic N) is 3. The van der Waals surface area contributed by atoms with Crippen molar-refractivity contribution in [1.82, 2.24) is 9.97 Å². The molecule has 0 aliphatic rings. The van der Waals surface area contributed by atoms with Gasteiger partial charge in [-0.05, 0) is 63.6 Å². The summed E-state index contributed by atoms with van der Waals surface area (Å²) < 4.78 is 11.2. The molecule has 152 valence electrons. The highest BCUT2D eigenvalue weighted by molar-refractivity contribution is 7.19. The summed E-state index contributed by atoms with van der Waals surface area (Å²) >= 11 is 1.43. The summed E-state index contributed by atoms with van der Waals surface area (Å²) in [4.78, 5) is 23.4. The number of benzene rings is 1. The maximum atomic E-state index is 12.4.